The van der Waals surface area contributed by atoms with Crippen molar-refractivity contribution in [3.8, 4) is 16.9 Å². The molecule has 0 amide bonds. The van der Waals surface area contributed by atoms with E-state index in [1.54, 1.807) is 24.4 Å². The summed E-state index contributed by atoms with van der Waals surface area (Å²) >= 11 is 0. The number of carboxylic acid groups (broad SMARTS) is 1. The van der Waals surface area contributed by atoms with Crippen LogP contribution in [0, 0.1) is 0 Å². The van der Waals surface area contributed by atoms with E-state index in [1.165, 1.54) is 6.07 Å². The SMILES string of the molecule is O=C(O)c1c(O)cccc1-c1ccc2c(c1)C=C[N]2. The summed E-state index contributed by atoms with van der Waals surface area (Å²) < 4.78 is 0. The minimum absolute atomic E-state index is 0.0821. The largest absolute Gasteiger partial charge is 0.507 e. The molecule has 2 aromatic carbocycles. The lowest BCUT2D eigenvalue weighted by molar-refractivity contribution is 0.0694. The van der Waals surface area contributed by atoms with Gasteiger partial charge in [0.15, 0.2) is 0 Å². The van der Waals surface area contributed by atoms with Crippen molar-refractivity contribution >= 4 is 17.7 Å². The van der Waals surface area contributed by atoms with Crippen LogP contribution in [0.1, 0.15) is 15.9 Å². The molecule has 2 N–H and O–H groups in total. The fourth-order valence-corrected chi connectivity index (χ4v) is 2.18. The van der Waals surface area contributed by atoms with Gasteiger partial charge < -0.3 is 10.2 Å². The molecule has 0 saturated carbocycles. The Kier molecular flexibility index (Phi) is 2.49. The first kappa shape index (κ1) is 11.3. The summed E-state index contributed by atoms with van der Waals surface area (Å²) in [6, 6.07) is 10.2. The zero-order chi connectivity index (χ0) is 13.4. The first-order valence-electron chi connectivity index (χ1n) is 5.74. The summed E-state index contributed by atoms with van der Waals surface area (Å²) in [7, 11) is 0. The van der Waals surface area contributed by atoms with E-state index in [1.807, 2.05) is 18.2 Å². The summed E-state index contributed by atoms with van der Waals surface area (Å²) in [5, 5.41) is 23.1. The second kappa shape index (κ2) is 4.17. The summed E-state index contributed by atoms with van der Waals surface area (Å²) in [6.45, 7) is 0. The number of carbonyl (C=O) groups is 1. The number of hydrogen-bond acceptors (Lipinski definition) is 2. The van der Waals surface area contributed by atoms with Gasteiger partial charge in [0.2, 0.25) is 0 Å². The van der Waals surface area contributed by atoms with Gasteiger partial charge in [-0.1, -0.05) is 18.2 Å². The van der Waals surface area contributed by atoms with E-state index in [9.17, 15) is 15.0 Å². The fourth-order valence-electron chi connectivity index (χ4n) is 2.18. The molecule has 1 radical (unpaired) electrons. The van der Waals surface area contributed by atoms with Crippen molar-refractivity contribution in [2.75, 3.05) is 0 Å². The molecule has 0 aromatic heterocycles. The predicted molar refractivity (Wildman–Crippen MR) is 71.3 cm³/mol. The topological polar surface area (TPSA) is 71.6 Å². The van der Waals surface area contributed by atoms with Crippen LogP contribution in [0.15, 0.2) is 42.6 Å². The highest BCUT2D eigenvalue weighted by Gasteiger charge is 2.17. The van der Waals surface area contributed by atoms with Crippen molar-refractivity contribution in [3.05, 3.63) is 53.7 Å². The molecule has 0 unspecified atom stereocenters. The normalized spacial score (nSPS) is 12.0. The summed E-state index contributed by atoms with van der Waals surface area (Å²) in [5.41, 5.74) is 2.96. The molecule has 0 fully saturated rings. The minimum atomic E-state index is -1.14. The van der Waals surface area contributed by atoms with E-state index in [0.29, 0.717) is 5.56 Å². The molecular weight excluding hydrogens is 242 g/mol. The number of nitrogens with zero attached hydrogens (tertiary/aromatic N) is 1. The van der Waals surface area contributed by atoms with Gasteiger partial charge in [-0.25, -0.2) is 4.79 Å². The third-order valence-corrected chi connectivity index (χ3v) is 3.06. The molecule has 1 heterocycles. The Morgan fingerprint density at radius 3 is 2.79 bits per heavy atom. The molecule has 4 heteroatoms. The monoisotopic (exact) mass is 252 g/mol. The average molecular weight is 252 g/mol. The maximum atomic E-state index is 11.3. The number of fused-ring (bicyclic) bond motifs is 1. The van der Waals surface area contributed by atoms with E-state index in [4.69, 9.17) is 0 Å². The maximum Gasteiger partial charge on any atom is 0.340 e. The second-order valence-electron chi connectivity index (χ2n) is 4.22. The lowest BCUT2D eigenvalue weighted by Gasteiger charge is -2.09. The first-order chi connectivity index (χ1) is 9.16. The molecule has 3 rings (SSSR count). The van der Waals surface area contributed by atoms with Crippen molar-refractivity contribution in [1.29, 1.82) is 0 Å². The van der Waals surface area contributed by atoms with E-state index >= 15 is 0 Å². The van der Waals surface area contributed by atoms with Crippen LogP contribution in [0.4, 0.5) is 5.69 Å². The Labute approximate surface area is 109 Å². The minimum Gasteiger partial charge on any atom is -0.507 e. The lowest BCUT2D eigenvalue weighted by Crippen LogP contribution is -2.00. The van der Waals surface area contributed by atoms with Gasteiger partial charge in [0.05, 0.1) is 5.69 Å². The zero-order valence-electron chi connectivity index (χ0n) is 9.87. The summed E-state index contributed by atoms with van der Waals surface area (Å²) in [4.78, 5) is 11.3. The van der Waals surface area contributed by atoms with Crippen LogP contribution in [0.2, 0.25) is 0 Å². The third kappa shape index (κ3) is 1.83. The van der Waals surface area contributed by atoms with Gasteiger partial charge in [-0.05, 0) is 35.4 Å². The summed E-state index contributed by atoms with van der Waals surface area (Å²) in [6.07, 6.45) is 3.57. The third-order valence-electron chi connectivity index (χ3n) is 3.06. The van der Waals surface area contributed by atoms with E-state index in [-0.39, 0.29) is 11.3 Å². The van der Waals surface area contributed by atoms with Gasteiger partial charge in [0.25, 0.3) is 0 Å². The Morgan fingerprint density at radius 1 is 1.16 bits per heavy atom. The van der Waals surface area contributed by atoms with Gasteiger partial charge in [-0.3, -0.25) is 5.32 Å². The molecule has 1 aliphatic heterocycles. The summed E-state index contributed by atoms with van der Waals surface area (Å²) in [5.74, 6) is -1.38. The predicted octanol–water partition coefficient (Wildman–Crippen LogP) is 2.98. The number of hydrogen-bond donors (Lipinski definition) is 2. The number of aromatic carboxylic acids is 1. The fraction of sp³-hybridized carbons (Fsp3) is 0. The average Bonchev–Trinajstić information content (AvgIpc) is 2.85. The maximum absolute atomic E-state index is 11.3. The van der Waals surface area contributed by atoms with Gasteiger partial charge in [0.1, 0.15) is 11.3 Å². The van der Waals surface area contributed by atoms with Crippen LogP contribution < -0.4 is 5.32 Å². The van der Waals surface area contributed by atoms with Crippen molar-refractivity contribution in [1.82, 2.24) is 5.32 Å². The van der Waals surface area contributed by atoms with Crippen LogP contribution in [0.5, 0.6) is 5.75 Å². The highest BCUT2D eigenvalue weighted by Crippen LogP contribution is 2.33. The molecule has 2 aromatic rings. The molecule has 0 spiro atoms. The Balaban J connectivity index is 2.20. The first-order valence-corrected chi connectivity index (χ1v) is 5.74. The van der Waals surface area contributed by atoms with E-state index in [2.05, 4.69) is 5.32 Å². The number of carboxylic acids is 1. The molecule has 0 saturated heterocycles. The lowest BCUT2D eigenvalue weighted by atomic mass is 9.97. The number of benzene rings is 2. The van der Waals surface area contributed by atoms with Crippen LogP contribution in [0.25, 0.3) is 17.2 Å². The standard InChI is InChI=1S/C15H10NO3/c17-13-3-1-2-11(14(13)15(18)19)9-4-5-12-10(8-9)6-7-16-12/h1-8,17H,(H,18,19). The second-order valence-corrected chi connectivity index (χ2v) is 4.22. The van der Waals surface area contributed by atoms with E-state index < -0.39 is 5.97 Å². The molecule has 1 aliphatic rings. The Bertz CT molecular complexity index is 705. The van der Waals surface area contributed by atoms with Crippen LogP contribution in [-0.2, 0) is 0 Å². The van der Waals surface area contributed by atoms with Gasteiger partial charge >= 0.3 is 5.97 Å². The number of aromatic hydroxyl groups is 1. The highest BCUT2D eigenvalue weighted by molar-refractivity contribution is 5.99. The molecular formula is C15H10NO3. The number of phenols is 1. The quantitative estimate of drug-likeness (QED) is 0.863. The van der Waals surface area contributed by atoms with Crippen molar-refractivity contribution < 1.29 is 15.0 Å². The number of rotatable bonds is 2. The van der Waals surface area contributed by atoms with Crippen molar-refractivity contribution in [2.45, 2.75) is 0 Å². The molecule has 0 bridgehead atoms. The Hall–Kier alpha value is -2.75. The smallest absolute Gasteiger partial charge is 0.340 e. The molecule has 93 valence electrons. The molecule has 19 heavy (non-hydrogen) atoms. The highest BCUT2D eigenvalue weighted by atomic mass is 16.4. The van der Waals surface area contributed by atoms with Gasteiger partial charge in [0, 0.05) is 11.8 Å². The van der Waals surface area contributed by atoms with E-state index in [0.717, 1.165) is 16.8 Å². The van der Waals surface area contributed by atoms with Gasteiger partial charge in [-0.15, -0.1) is 0 Å². The van der Waals surface area contributed by atoms with Crippen molar-refractivity contribution in [3.63, 3.8) is 0 Å². The molecule has 4 nitrogen and oxygen atoms in total. The van der Waals surface area contributed by atoms with Crippen molar-refractivity contribution in [2.24, 2.45) is 0 Å². The van der Waals surface area contributed by atoms with Gasteiger partial charge in [-0.2, -0.15) is 0 Å². The van der Waals surface area contributed by atoms with Crippen LogP contribution in [0.3, 0.4) is 0 Å². The molecule has 0 aliphatic carbocycles. The zero-order valence-corrected chi connectivity index (χ0v) is 9.87. The molecule has 0 atom stereocenters. The Morgan fingerprint density at radius 2 is 2.00 bits per heavy atom. The van der Waals surface area contributed by atoms with Crippen LogP contribution >= 0.6 is 0 Å². The van der Waals surface area contributed by atoms with Crippen LogP contribution in [-0.4, -0.2) is 16.2 Å².